The Bertz CT molecular complexity index is 336. The number of nitrogens with two attached hydrogens (primary N) is 2. The molecule has 0 radical (unpaired) electrons. The summed E-state index contributed by atoms with van der Waals surface area (Å²) in [7, 11) is 0. The van der Waals surface area contributed by atoms with Crippen LogP contribution >= 0.6 is 0 Å². The van der Waals surface area contributed by atoms with E-state index in [0.29, 0.717) is 23.8 Å². The molecule has 0 aliphatic carbocycles. The van der Waals surface area contributed by atoms with E-state index in [9.17, 15) is 0 Å². The van der Waals surface area contributed by atoms with Crippen LogP contribution in [0.1, 0.15) is 20.3 Å². The standard InChI is InChI=1S/C10H17N5/c1-3-6(2)15-10(13)8-7(4-11)5-14-9(8)12/h6-7,15H,3,5,13H2,1-2H3,(H2,12,14)/t6-,7?/m0/s1. The summed E-state index contributed by atoms with van der Waals surface area (Å²) >= 11 is 0. The molecule has 1 unspecified atom stereocenters. The van der Waals surface area contributed by atoms with E-state index in [1.165, 1.54) is 0 Å². The molecule has 5 nitrogen and oxygen atoms in total. The fourth-order valence-electron chi connectivity index (χ4n) is 1.42. The van der Waals surface area contributed by atoms with Crippen molar-refractivity contribution < 1.29 is 0 Å². The number of aliphatic imine (C=N–C) groups is 1. The monoisotopic (exact) mass is 207 g/mol. The number of hydrogen-bond donors (Lipinski definition) is 3. The molecule has 0 saturated carbocycles. The summed E-state index contributed by atoms with van der Waals surface area (Å²) in [5.74, 6) is 0.561. The number of rotatable bonds is 3. The van der Waals surface area contributed by atoms with Gasteiger partial charge in [0.2, 0.25) is 0 Å². The van der Waals surface area contributed by atoms with E-state index in [1.807, 2.05) is 6.92 Å². The molecule has 0 spiro atoms. The van der Waals surface area contributed by atoms with Crippen LogP contribution < -0.4 is 16.8 Å². The van der Waals surface area contributed by atoms with Crippen LogP contribution in [0.4, 0.5) is 0 Å². The van der Waals surface area contributed by atoms with Gasteiger partial charge in [0.25, 0.3) is 0 Å². The normalized spacial score (nSPS) is 25.4. The third-order valence-electron chi connectivity index (χ3n) is 2.53. The van der Waals surface area contributed by atoms with E-state index in [1.54, 1.807) is 0 Å². The number of nitriles is 1. The van der Waals surface area contributed by atoms with Crippen molar-refractivity contribution in [3.63, 3.8) is 0 Å². The molecule has 82 valence electrons. The molecule has 1 aliphatic heterocycles. The molecule has 5 N–H and O–H groups in total. The maximum Gasteiger partial charge on any atom is 0.126 e. The van der Waals surface area contributed by atoms with E-state index in [-0.39, 0.29) is 12.0 Å². The lowest BCUT2D eigenvalue weighted by Gasteiger charge is -2.16. The second kappa shape index (κ2) is 4.69. The molecule has 0 amide bonds. The lowest BCUT2D eigenvalue weighted by Crippen LogP contribution is -2.33. The summed E-state index contributed by atoms with van der Waals surface area (Å²) in [6.45, 7) is 4.50. The molecule has 0 saturated heterocycles. The molecular weight excluding hydrogens is 190 g/mol. The first-order valence-electron chi connectivity index (χ1n) is 5.06. The molecule has 1 heterocycles. The highest BCUT2D eigenvalue weighted by molar-refractivity contribution is 6.00. The largest absolute Gasteiger partial charge is 0.385 e. The minimum absolute atomic E-state index is 0.269. The van der Waals surface area contributed by atoms with Gasteiger partial charge in [0.05, 0.1) is 24.1 Å². The summed E-state index contributed by atoms with van der Waals surface area (Å²) in [4.78, 5) is 4.02. The quantitative estimate of drug-likeness (QED) is 0.609. The van der Waals surface area contributed by atoms with E-state index in [2.05, 4.69) is 23.3 Å². The topological polar surface area (TPSA) is 100 Å². The fourth-order valence-corrected chi connectivity index (χ4v) is 1.42. The summed E-state index contributed by atoms with van der Waals surface area (Å²) < 4.78 is 0. The lowest BCUT2D eigenvalue weighted by molar-refractivity contribution is 0.585. The average molecular weight is 207 g/mol. The predicted molar refractivity (Wildman–Crippen MR) is 59.7 cm³/mol. The van der Waals surface area contributed by atoms with Gasteiger partial charge in [0.15, 0.2) is 0 Å². The van der Waals surface area contributed by atoms with Gasteiger partial charge in [-0.25, -0.2) is 0 Å². The fraction of sp³-hybridized carbons (Fsp3) is 0.600. The Morgan fingerprint density at radius 1 is 1.80 bits per heavy atom. The lowest BCUT2D eigenvalue weighted by atomic mass is 10.0. The molecule has 15 heavy (non-hydrogen) atoms. The molecule has 0 fully saturated rings. The van der Waals surface area contributed by atoms with Crippen LogP contribution in [0, 0.1) is 17.2 Å². The van der Waals surface area contributed by atoms with Crippen LogP contribution in [0.5, 0.6) is 0 Å². The first kappa shape index (κ1) is 11.4. The smallest absolute Gasteiger partial charge is 0.126 e. The van der Waals surface area contributed by atoms with Gasteiger partial charge in [-0.15, -0.1) is 0 Å². The maximum absolute atomic E-state index is 8.90. The third-order valence-corrected chi connectivity index (χ3v) is 2.53. The molecule has 5 heteroatoms. The summed E-state index contributed by atoms with van der Waals surface area (Å²) in [5.41, 5.74) is 12.2. The number of hydrogen-bond acceptors (Lipinski definition) is 5. The Labute approximate surface area is 89.8 Å². The Morgan fingerprint density at radius 2 is 2.47 bits per heavy atom. The van der Waals surface area contributed by atoms with Gasteiger partial charge in [-0.1, -0.05) is 6.92 Å². The summed E-state index contributed by atoms with van der Waals surface area (Å²) in [6.07, 6.45) is 0.961. The first-order valence-corrected chi connectivity index (χ1v) is 5.06. The number of nitrogens with zero attached hydrogens (tertiary/aromatic N) is 2. The van der Waals surface area contributed by atoms with E-state index < -0.39 is 0 Å². The Morgan fingerprint density at radius 3 is 3.00 bits per heavy atom. The highest BCUT2D eigenvalue weighted by Gasteiger charge is 2.26. The van der Waals surface area contributed by atoms with E-state index >= 15 is 0 Å². The van der Waals surface area contributed by atoms with Crippen LogP contribution in [0.2, 0.25) is 0 Å². The van der Waals surface area contributed by atoms with E-state index in [0.717, 1.165) is 6.42 Å². The predicted octanol–water partition coefficient (Wildman–Crippen LogP) is 0.0554. The molecule has 1 aliphatic rings. The first-order chi connectivity index (χ1) is 7.10. The van der Waals surface area contributed by atoms with Crippen molar-refractivity contribution in [1.82, 2.24) is 5.32 Å². The van der Waals surface area contributed by atoms with Crippen molar-refractivity contribution in [2.75, 3.05) is 6.54 Å². The Hall–Kier alpha value is -1.70. The van der Waals surface area contributed by atoms with Crippen molar-refractivity contribution in [2.24, 2.45) is 22.4 Å². The Balaban J connectivity index is 2.87. The number of amidine groups is 1. The van der Waals surface area contributed by atoms with Gasteiger partial charge in [-0.05, 0) is 13.3 Å². The second-order valence-corrected chi connectivity index (χ2v) is 3.69. The molecule has 0 aromatic rings. The van der Waals surface area contributed by atoms with Gasteiger partial charge < -0.3 is 16.8 Å². The van der Waals surface area contributed by atoms with Crippen LogP contribution in [0.15, 0.2) is 16.4 Å². The zero-order valence-electron chi connectivity index (χ0n) is 9.12. The molecule has 2 atom stereocenters. The summed E-state index contributed by atoms with van der Waals surface area (Å²) in [6, 6.07) is 2.41. The van der Waals surface area contributed by atoms with Gasteiger partial charge in [-0.2, -0.15) is 5.26 Å². The molecule has 0 aromatic carbocycles. The van der Waals surface area contributed by atoms with Crippen LogP contribution in [0.25, 0.3) is 0 Å². The number of nitrogens with one attached hydrogen (secondary N) is 1. The molecule has 1 rings (SSSR count). The Kier molecular flexibility index (Phi) is 3.56. The maximum atomic E-state index is 8.90. The average Bonchev–Trinajstić information content (AvgIpc) is 2.59. The minimum atomic E-state index is -0.304. The van der Waals surface area contributed by atoms with Crippen molar-refractivity contribution in [1.29, 1.82) is 5.26 Å². The third kappa shape index (κ3) is 2.40. The van der Waals surface area contributed by atoms with Crippen LogP contribution in [-0.2, 0) is 0 Å². The van der Waals surface area contributed by atoms with Gasteiger partial charge in [-0.3, -0.25) is 4.99 Å². The molecular formula is C10H17N5. The van der Waals surface area contributed by atoms with Crippen molar-refractivity contribution >= 4 is 5.84 Å². The van der Waals surface area contributed by atoms with Crippen LogP contribution in [0.3, 0.4) is 0 Å². The zero-order valence-corrected chi connectivity index (χ0v) is 9.12. The highest BCUT2D eigenvalue weighted by atomic mass is 15.0. The van der Waals surface area contributed by atoms with Gasteiger partial charge >= 0.3 is 0 Å². The van der Waals surface area contributed by atoms with Crippen LogP contribution in [-0.4, -0.2) is 18.4 Å². The van der Waals surface area contributed by atoms with Crippen molar-refractivity contribution in [2.45, 2.75) is 26.3 Å². The van der Waals surface area contributed by atoms with Gasteiger partial charge in [0.1, 0.15) is 11.7 Å². The second-order valence-electron chi connectivity index (χ2n) is 3.69. The molecule has 0 aromatic heterocycles. The van der Waals surface area contributed by atoms with E-state index in [4.69, 9.17) is 16.7 Å². The van der Waals surface area contributed by atoms with Crippen molar-refractivity contribution in [3.8, 4) is 6.07 Å². The minimum Gasteiger partial charge on any atom is -0.385 e. The zero-order chi connectivity index (χ0) is 11.4. The molecule has 0 bridgehead atoms. The summed E-state index contributed by atoms with van der Waals surface area (Å²) in [5, 5.41) is 12.0. The highest BCUT2D eigenvalue weighted by Crippen LogP contribution is 2.19. The van der Waals surface area contributed by atoms with Gasteiger partial charge in [0, 0.05) is 6.04 Å². The van der Waals surface area contributed by atoms with Crippen molar-refractivity contribution in [3.05, 3.63) is 11.4 Å². The SMILES string of the molecule is CC[C@H](C)NC(N)=C1C(N)=NCC1C#N.